The summed E-state index contributed by atoms with van der Waals surface area (Å²) >= 11 is 0. The Morgan fingerprint density at radius 1 is 1.13 bits per heavy atom. The number of rotatable bonds is 2. The minimum Gasteiger partial charge on any atom is -0.381 e. The van der Waals surface area contributed by atoms with Crippen LogP contribution in [0.5, 0.6) is 0 Å². The first-order valence-corrected chi connectivity index (χ1v) is 6.59. The molecule has 0 aromatic heterocycles. The van der Waals surface area contributed by atoms with Crippen LogP contribution in [-0.2, 0) is 4.74 Å². The van der Waals surface area contributed by atoms with E-state index in [1.54, 1.807) is 0 Å². The van der Waals surface area contributed by atoms with Crippen molar-refractivity contribution in [2.75, 3.05) is 26.3 Å². The first-order valence-electron chi connectivity index (χ1n) is 6.59. The molecule has 0 N–H and O–H groups in total. The molecule has 0 aliphatic carbocycles. The van der Waals surface area contributed by atoms with Crippen LogP contribution in [0, 0.1) is 11.8 Å². The van der Waals surface area contributed by atoms with E-state index in [4.69, 9.17) is 4.74 Å². The average molecular weight is 211 g/mol. The molecule has 0 spiro atoms. The maximum absolute atomic E-state index is 5.44. The van der Waals surface area contributed by atoms with Gasteiger partial charge in [0.2, 0.25) is 0 Å². The van der Waals surface area contributed by atoms with Crippen LogP contribution >= 0.6 is 0 Å². The van der Waals surface area contributed by atoms with Gasteiger partial charge in [-0.25, -0.2) is 0 Å². The van der Waals surface area contributed by atoms with Gasteiger partial charge in [0.25, 0.3) is 0 Å². The molecule has 2 aliphatic rings. The molecule has 0 amide bonds. The zero-order valence-electron chi connectivity index (χ0n) is 10.2. The third-order valence-corrected chi connectivity index (χ3v) is 4.14. The van der Waals surface area contributed by atoms with E-state index in [1.807, 2.05) is 0 Å². The summed E-state index contributed by atoms with van der Waals surface area (Å²) in [7, 11) is 0. The quantitative estimate of drug-likeness (QED) is 0.696. The highest BCUT2D eigenvalue weighted by Gasteiger charge is 2.28. The second-order valence-corrected chi connectivity index (χ2v) is 5.48. The second kappa shape index (κ2) is 5.31. The zero-order chi connectivity index (χ0) is 10.7. The van der Waals surface area contributed by atoms with Crippen LogP contribution in [0.3, 0.4) is 0 Å². The van der Waals surface area contributed by atoms with Gasteiger partial charge in [0.1, 0.15) is 0 Å². The van der Waals surface area contributed by atoms with Crippen molar-refractivity contribution in [3.8, 4) is 0 Å². The van der Waals surface area contributed by atoms with Crippen LogP contribution in [0.15, 0.2) is 0 Å². The maximum atomic E-state index is 5.44. The highest BCUT2D eigenvalue weighted by molar-refractivity contribution is 4.81. The van der Waals surface area contributed by atoms with Crippen molar-refractivity contribution in [1.29, 1.82) is 0 Å². The van der Waals surface area contributed by atoms with Crippen molar-refractivity contribution in [1.82, 2.24) is 4.90 Å². The Morgan fingerprint density at radius 3 is 2.53 bits per heavy atom. The minimum atomic E-state index is 0.820. The topological polar surface area (TPSA) is 12.5 Å². The molecule has 0 aromatic rings. The molecule has 15 heavy (non-hydrogen) atoms. The number of hydrogen-bond donors (Lipinski definition) is 0. The Labute approximate surface area is 94.0 Å². The summed E-state index contributed by atoms with van der Waals surface area (Å²) < 4.78 is 5.44. The monoisotopic (exact) mass is 211 g/mol. The summed E-state index contributed by atoms with van der Waals surface area (Å²) in [4.78, 5) is 2.73. The molecular weight excluding hydrogens is 186 g/mol. The Balaban J connectivity index is 1.85. The molecule has 2 rings (SSSR count). The lowest BCUT2D eigenvalue weighted by atomic mass is 9.86. The third kappa shape index (κ3) is 2.94. The number of ether oxygens (including phenoxy) is 1. The van der Waals surface area contributed by atoms with Crippen LogP contribution in [-0.4, -0.2) is 37.2 Å². The lowest BCUT2D eigenvalue weighted by Gasteiger charge is -2.41. The molecular formula is C13H25NO. The zero-order valence-corrected chi connectivity index (χ0v) is 10.2. The van der Waals surface area contributed by atoms with Crippen LogP contribution in [0.25, 0.3) is 0 Å². The molecule has 1 unspecified atom stereocenters. The molecule has 2 saturated heterocycles. The van der Waals surface area contributed by atoms with Crippen LogP contribution in [0.1, 0.15) is 39.5 Å². The van der Waals surface area contributed by atoms with Crippen molar-refractivity contribution >= 4 is 0 Å². The normalized spacial score (nSPS) is 31.0. The second-order valence-electron chi connectivity index (χ2n) is 5.48. The van der Waals surface area contributed by atoms with E-state index in [0.717, 1.165) is 31.1 Å². The molecule has 2 nitrogen and oxygen atoms in total. The molecule has 1 atom stereocenters. The van der Waals surface area contributed by atoms with Gasteiger partial charge in [-0.15, -0.1) is 0 Å². The van der Waals surface area contributed by atoms with E-state index in [1.165, 1.54) is 38.8 Å². The van der Waals surface area contributed by atoms with E-state index in [9.17, 15) is 0 Å². The van der Waals surface area contributed by atoms with E-state index < -0.39 is 0 Å². The van der Waals surface area contributed by atoms with E-state index in [0.29, 0.717) is 0 Å². The van der Waals surface area contributed by atoms with E-state index >= 15 is 0 Å². The van der Waals surface area contributed by atoms with Crippen molar-refractivity contribution < 1.29 is 4.74 Å². The molecule has 2 aliphatic heterocycles. The van der Waals surface area contributed by atoms with Crippen LogP contribution < -0.4 is 0 Å². The summed E-state index contributed by atoms with van der Waals surface area (Å²) in [5, 5.41) is 0. The van der Waals surface area contributed by atoms with Gasteiger partial charge in [-0.05, 0) is 44.1 Å². The molecule has 0 bridgehead atoms. The smallest absolute Gasteiger partial charge is 0.0480 e. The Morgan fingerprint density at radius 2 is 1.87 bits per heavy atom. The largest absolute Gasteiger partial charge is 0.381 e. The molecule has 0 aromatic carbocycles. The predicted molar refractivity (Wildman–Crippen MR) is 63.0 cm³/mol. The SMILES string of the molecule is CC(C)C1CCCN(C2CCOCC2)C1. The van der Waals surface area contributed by atoms with Crippen molar-refractivity contribution in [3.63, 3.8) is 0 Å². The first kappa shape index (κ1) is 11.4. The average Bonchev–Trinajstić information content (AvgIpc) is 2.30. The molecule has 88 valence electrons. The van der Waals surface area contributed by atoms with Gasteiger partial charge in [0.05, 0.1) is 0 Å². The van der Waals surface area contributed by atoms with Gasteiger partial charge in [-0.2, -0.15) is 0 Å². The lowest BCUT2D eigenvalue weighted by Crippen LogP contribution is -2.46. The number of nitrogens with zero attached hydrogens (tertiary/aromatic N) is 1. The van der Waals surface area contributed by atoms with Gasteiger partial charge in [0.15, 0.2) is 0 Å². The highest BCUT2D eigenvalue weighted by atomic mass is 16.5. The Bertz CT molecular complexity index is 187. The maximum Gasteiger partial charge on any atom is 0.0480 e. The van der Waals surface area contributed by atoms with Gasteiger partial charge in [0, 0.05) is 25.8 Å². The third-order valence-electron chi connectivity index (χ3n) is 4.14. The summed E-state index contributed by atoms with van der Waals surface area (Å²) in [6.45, 7) is 9.37. The lowest BCUT2D eigenvalue weighted by molar-refractivity contribution is 0.0129. The summed E-state index contributed by atoms with van der Waals surface area (Å²) in [6.07, 6.45) is 5.35. The van der Waals surface area contributed by atoms with E-state index in [-0.39, 0.29) is 0 Å². The fraction of sp³-hybridized carbons (Fsp3) is 1.00. The van der Waals surface area contributed by atoms with Crippen molar-refractivity contribution in [3.05, 3.63) is 0 Å². The Kier molecular flexibility index (Phi) is 4.04. The van der Waals surface area contributed by atoms with Crippen LogP contribution in [0.2, 0.25) is 0 Å². The fourth-order valence-corrected chi connectivity index (χ4v) is 2.97. The van der Waals surface area contributed by atoms with E-state index in [2.05, 4.69) is 18.7 Å². The first-order chi connectivity index (χ1) is 7.27. The number of hydrogen-bond acceptors (Lipinski definition) is 2. The molecule has 2 heterocycles. The van der Waals surface area contributed by atoms with Gasteiger partial charge in [-0.3, -0.25) is 4.90 Å². The number of piperidine rings is 1. The van der Waals surface area contributed by atoms with Gasteiger partial charge in [-0.1, -0.05) is 13.8 Å². The predicted octanol–water partition coefficient (Wildman–Crippen LogP) is 2.53. The van der Waals surface area contributed by atoms with Crippen molar-refractivity contribution in [2.45, 2.75) is 45.6 Å². The fourth-order valence-electron chi connectivity index (χ4n) is 2.97. The molecule has 2 fully saturated rings. The molecule has 0 radical (unpaired) electrons. The van der Waals surface area contributed by atoms with Crippen molar-refractivity contribution in [2.24, 2.45) is 11.8 Å². The van der Waals surface area contributed by atoms with Gasteiger partial charge >= 0.3 is 0 Å². The summed E-state index contributed by atoms with van der Waals surface area (Å²) in [5.41, 5.74) is 0. The Hall–Kier alpha value is -0.0800. The minimum absolute atomic E-state index is 0.820. The van der Waals surface area contributed by atoms with Crippen LogP contribution in [0.4, 0.5) is 0 Å². The highest BCUT2D eigenvalue weighted by Crippen LogP contribution is 2.27. The van der Waals surface area contributed by atoms with Gasteiger partial charge < -0.3 is 4.74 Å². The molecule has 2 heteroatoms. The summed E-state index contributed by atoms with van der Waals surface area (Å²) in [6, 6.07) is 0.820. The summed E-state index contributed by atoms with van der Waals surface area (Å²) in [5.74, 6) is 1.79. The molecule has 0 saturated carbocycles. The number of likely N-dealkylation sites (tertiary alicyclic amines) is 1. The standard InChI is InChI=1S/C13H25NO/c1-11(2)12-4-3-7-14(10-12)13-5-8-15-9-6-13/h11-13H,3-10H2,1-2H3.